The van der Waals surface area contributed by atoms with Crippen molar-refractivity contribution in [2.24, 2.45) is 0 Å². The van der Waals surface area contributed by atoms with E-state index >= 15 is 0 Å². The molecule has 0 aromatic heterocycles. The quantitative estimate of drug-likeness (QED) is 0.167. The third kappa shape index (κ3) is 2380. The minimum Gasteiger partial charge on any atom is -0.861 e. The number of hydrogen-bond donors (Lipinski definition) is 4. The van der Waals surface area contributed by atoms with Crippen molar-refractivity contribution in [2.75, 3.05) is 0 Å². The van der Waals surface area contributed by atoms with E-state index in [0.717, 1.165) is 0 Å². The zero-order chi connectivity index (χ0) is 18.0. The third-order valence-electron chi connectivity index (χ3n) is 0. The summed E-state index contributed by atoms with van der Waals surface area (Å²) in [6, 6.07) is 0. The average molecular weight is 761 g/mol. The Morgan fingerprint density at radius 3 is 0.286 bits per heavy atom. The van der Waals surface area contributed by atoms with E-state index in [0.29, 0.717) is 0 Å². The van der Waals surface area contributed by atoms with Crippen LogP contribution in [-0.2, 0) is 98.9 Å². The van der Waals surface area contributed by atoms with Crippen molar-refractivity contribution in [1.82, 2.24) is 0 Å². The molecular formula is H8Ni6O18Si4. The summed E-state index contributed by atoms with van der Waals surface area (Å²) in [5.74, 6) is 0. The molecule has 0 spiro atoms. The van der Waals surface area contributed by atoms with Gasteiger partial charge in [-0.05, 0) is 0 Å². The first kappa shape index (κ1) is 77.2. The summed E-state index contributed by atoms with van der Waals surface area (Å²) in [6.07, 6.45) is 0. The second-order valence-electron chi connectivity index (χ2n) is 2.10. The summed E-state index contributed by atoms with van der Waals surface area (Å²) < 4.78 is 0. The van der Waals surface area contributed by atoms with Gasteiger partial charge in [-0.1, -0.05) is 0 Å². The van der Waals surface area contributed by atoms with Gasteiger partial charge in [0, 0.05) is 0 Å². The Bertz CT molecular complexity index is 146. The molecule has 0 rings (SSSR count). The molecule has 0 bridgehead atoms. The van der Waals surface area contributed by atoms with Gasteiger partial charge in [-0.3, -0.25) is 0 Å². The van der Waals surface area contributed by atoms with Crippen LogP contribution in [0.15, 0.2) is 0 Å². The first-order valence-electron chi connectivity index (χ1n) is 3.34. The molecule has 0 aliphatic heterocycles. The monoisotopic (exact) mass is 755 g/mol. The Labute approximate surface area is 221 Å². The molecule has 0 aromatic rings. The summed E-state index contributed by atoms with van der Waals surface area (Å²) in [5.41, 5.74) is 0. The summed E-state index contributed by atoms with van der Waals surface area (Å²) >= 11 is 0. The van der Waals surface area contributed by atoms with E-state index in [-0.39, 0.29) is 110 Å². The van der Waals surface area contributed by atoms with Crippen LogP contribution in [0.2, 0.25) is 0 Å². The van der Waals surface area contributed by atoms with E-state index in [2.05, 4.69) is 0 Å². The fraction of sp³-hybridized carbons (Fsp3) is 0. The van der Waals surface area contributed by atoms with Crippen LogP contribution in [0.25, 0.3) is 0 Å². The van der Waals surface area contributed by atoms with Crippen LogP contribution >= 0.6 is 0 Å². The fourth-order valence-corrected chi connectivity index (χ4v) is 0. The maximum absolute atomic E-state index is 8.69. The minimum atomic E-state index is -5.36. The van der Waals surface area contributed by atoms with Crippen LogP contribution in [-0.4, -0.2) is 66.3 Å². The molecule has 0 fully saturated rings. The van der Waals surface area contributed by atoms with Crippen molar-refractivity contribution in [3.8, 4) is 0 Å². The largest absolute Gasteiger partial charge is 2.00 e. The van der Waals surface area contributed by atoms with Crippen molar-refractivity contribution in [3.05, 3.63) is 0 Å². The maximum Gasteiger partial charge on any atom is 2.00 e. The Morgan fingerprint density at radius 1 is 0.286 bits per heavy atom. The summed E-state index contributed by atoms with van der Waals surface area (Å²) in [4.78, 5) is 132. The molecule has 0 amide bonds. The Morgan fingerprint density at radius 2 is 0.286 bits per heavy atom. The predicted molar refractivity (Wildman–Crippen MR) is 39.1 cm³/mol. The number of rotatable bonds is 0. The molecule has 0 saturated carbocycles. The fourth-order valence-electron chi connectivity index (χ4n) is 0. The molecule has 8 N–H and O–H groups in total. The van der Waals surface area contributed by atoms with E-state index in [1.54, 1.807) is 0 Å². The van der Waals surface area contributed by atoms with E-state index in [1.165, 1.54) is 0 Å². The molecule has 0 radical (unpaired) electrons. The van der Waals surface area contributed by atoms with Crippen LogP contribution < -0.4 is 57.5 Å². The first-order chi connectivity index (χ1) is 8.00. The standard InChI is InChI=1S/6Ni.4HO4Si.2H2O/c;;;;;;4*1-5(2,3)4;;/h;;;;;;4*1H;2*1H2/q6*+2;4*-3;;. The van der Waals surface area contributed by atoms with E-state index in [9.17, 15) is 0 Å². The van der Waals surface area contributed by atoms with Gasteiger partial charge in [0.2, 0.25) is 0 Å². The van der Waals surface area contributed by atoms with Crippen molar-refractivity contribution < 1.29 is 187 Å². The van der Waals surface area contributed by atoms with Crippen molar-refractivity contribution in [2.45, 2.75) is 0 Å². The van der Waals surface area contributed by atoms with Crippen LogP contribution in [0.5, 0.6) is 0 Å². The van der Waals surface area contributed by atoms with Crippen LogP contribution in [0, 0.1) is 0 Å². The van der Waals surface area contributed by atoms with Crippen LogP contribution in [0.1, 0.15) is 0 Å². The molecule has 0 saturated heterocycles. The predicted octanol–water partition coefficient (Wildman–Crippen LogP) is -19.7. The Balaban J connectivity index is -0.0000000111. The smallest absolute Gasteiger partial charge is 0.861 e. The van der Waals surface area contributed by atoms with Gasteiger partial charge in [0.15, 0.2) is 0 Å². The molecule has 0 heterocycles. The van der Waals surface area contributed by atoms with Gasteiger partial charge in [0.25, 0.3) is 0 Å². The molecular weight excluding hydrogens is 752 g/mol. The number of hydrogen-bond acceptors (Lipinski definition) is 16. The molecule has 0 unspecified atom stereocenters. The summed E-state index contributed by atoms with van der Waals surface area (Å²) in [7, 11) is -21.4. The second-order valence-corrected chi connectivity index (χ2v) is 6.29. The van der Waals surface area contributed by atoms with Crippen molar-refractivity contribution in [1.29, 1.82) is 0 Å². The molecule has 28 heteroatoms. The van der Waals surface area contributed by atoms with Gasteiger partial charge in [-0.15, -0.1) is 36.2 Å². The zero-order valence-corrected chi connectivity index (χ0v) is 21.5. The minimum absolute atomic E-state index is 0. The zero-order valence-electron chi connectivity index (χ0n) is 11.6. The SMILES string of the molecule is O.O.[Ni+2].[Ni+2].[Ni+2].[Ni+2].[Ni+2].[Ni+2].[O-][Si]([O-])([O-])O.[O-][Si]([O-])([O-])O.[O-][Si]([O-])([O-])O.[O-][Si]([O-])([O-])O. The maximum atomic E-state index is 8.69. The van der Waals surface area contributed by atoms with Gasteiger partial charge in [0.1, 0.15) is 0 Å². The van der Waals surface area contributed by atoms with Crippen molar-refractivity contribution in [3.63, 3.8) is 0 Å². The van der Waals surface area contributed by atoms with Crippen LogP contribution in [0.3, 0.4) is 0 Å². The van der Waals surface area contributed by atoms with Gasteiger partial charge >= 0.3 is 98.9 Å². The van der Waals surface area contributed by atoms with Gasteiger partial charge in [-0.25, -0.2) is 0 Å². The Kier molecular flexibility index (Phi) is 95.8. The molecule has 18 nitrogen and oxygen atoms in total. The van der Waals surface area contributed by atoms with Gasteiger partial charge in [-0.2, -0.15) is 0 Å². The van der Waals surface area contributed by atoms with E-state index < -0.39 is 36.2 Å². The molecule has 0 atom stereocenters. The van der Waals surface area contributed by atoms with E-state index in [4.69, 9.17) is 76.7 Å². The normalized spacial score (nSPS) is 8.57. The van der Waals surface area contributed by atoms with Crippen molar-refractivity contribution >= 4 is 36.2 Å². The molecule has 0 aromatic carbocycles. The van der Waals surface area contributed by atoms with E-state index in [1.807, 2.05) is 0 Å². The van der Waals surface area contributed by atoms with Crippen LogP contribution in [0.4, 0.5) is 0 Å². The third-order valence-corrected chi connectivity index (χ3v) is 0. The molecule has 0 aliphatic rings. The average Bonchev–Trinajstić information content (AvgIpc) is 1.62. The van der Waals surface area contributed by atoms with Gasteiger partial charge in [0.05, 0.1) is 0 Å². The molecule has 0 aliphatic carbocycles. The summed E-state index contributed by atoms with van der Waals surface area (Å²) in [6.45, 7) is 0. The Hall–Kier alpha value is 3.11. The summed E-state index contributed by atoms with van der Waals surface area (Å²) in [5, 5.41) is 0. The topological polar surface area (TPSA) is 421 Å². The molecule has 28 heavy (non-hydrogen) atoms. The second kappa shape index (κ2) is 34.7. The van der Waals surface area contributed by atoms with Gasteiger partial charge < -0.3 is 87.7 Å². The first-order valence-corrected chi connectivity index (χ1v) is 10.0. The molecule has 192 valence electrons.